The van der Waals surface area contributed by atoms with Gasteiger partial charge in [0, 0.05) is 42.2 Å². The van der Waals surface area contributed by atoms with Crippen LogP contribution in [0.3, 0.4) is 0 Å². The summed E-state index contributed by atoms with van der Waals surface area (Å²) >= 11 is 0. The first-order valence-electron chi connectivity index (χ1n) is 10.7. The van der Waals surface area contributed by atoms with Gasteiger partial charge in [0.05, 0.1) is 17.3 Å². The summed E-state index contributed by atoms with van der Waals surface area (Å²) in [5.41, 5.74) is 2.14. The largest absolute Gasteiger partial charge is 0.458 e. The van der Waals surface area contributed by atoms with Crippen molar-refractivity contribution < 1.29 is 22.7 Å². The average molecular weight is 454 g/mol. The van der Waals surface area contributed by atoms with Crippen LogP contribution in [-0.2, 0) is 6.18 Å². The molecule has 0 saturated carbocycles. The molecule has 5 rings (SSSR count). The lowest BCUT2D eigenvalue weighted by Crippen LogP contribution is -2.39. The van der Waals surface area contributed by atoms with Gasteiger partial charge in [-0.05, 0) is 43.5 Å². The minimum absolute atomic E-state index is 0.000886. The molecule has 1 aromatic carbocycles. The molecule has 6 nitrogen and oxygen atoms in total. The van der Waals surface area contributed by atoms with Crippen LogP contribution in [0.2, 0.25) is 0 Å². The van der Waals surface area contributed by atoms with Crippen molar-refractivity contribution in [1.82, 2.24) is 19.9 Å². The second-order valence-corrected chi connectivity index (χ2v) is 8.37. The van der Waals surface area contributed by atoms with Crippen LogP contribution in [0.25, 0.3) is 11.3 Å². The Labute approximate surface area is 188 Å². The first-order valence-corrected chi connectivity index (χ1v) is 10.7. The van der Waals surface area contributed by atoms with Gasteiger partial charge >= 0.3 is 12.2 Å². The van der Waals surface area contributed by atoms with Crippen molar-refractivity contribution in [3.05, 3.63) is 71.7 Å². The number of carbonyl (C=O) groups is 1. The summed E-state index contributed by atoms with van der Waals surface area (Å²) in [6, 6.07) is 10.9. The number of aromatic nitrogens is 3. The van der Waals surface area contributed by atoms with Crippen molar-refractivity contribution in [3.63, 3.8) is 0 Å². The third-order valence-electron chi connectivity index (χ3n) is 6.35. The molecule has 2 fully saturated rings. The maximum atomic E-state index is 13.7. The fourth-order valence-electron chi connectivity index (χ4n) is 4.87. The van der Waals surface area contributed by atoms with Crippen LogP contribution in [-0.4, -0.2) is 43.9 Å². The maximum Gasteiger partial charge on any atom is 0.419 e. The molecule has 0 aliphatic carbocycles. The summed E-state index contributed by atoms with van der Waals surface area (Å²) < 4.78 is 44.1. The number of ether oxygens (including phenoxy) is 1. The highest BCUT2D eigenvalue weighted by atomic mass is 19.4. The van der Waals surface area contributed by atoms with Crippen molar-refractivity contribution in [2.45, 2.75) is 50.6 Å². The van der Waals surface area contributed by atoms with Crippen molar-refractivity contribution >= 4 is 5.91 Å². The van der Waals surface area contributed by atoms with Gasteiger partial charge in [-0.1, -0.05) is 18.2 Å². The number of nitrogens with zero attached hydrogens (tertiary/aromatic N) is 4. The monoisotopic (exact) mass is 454 g/mol. The Balaban J connectivity index is 1.39. The molecule has 2 aromatic heterocycles. The minimum Gasteiger partial charge on any atom is -0.458 e. The van der Waals surface area contributed by atoms with E-state index in [1.165, 1.54) is 0 Å². The third-order valence-corrected chi connectivity index (χ3v) is 6.35. The molecule has 2 aliphatic rings. The molecule has 0 N–H and O–H groups in total. The highest BCUT2D eigenvalue weighted by Gasteiger charge is 2.50. The number of rotatable bonds is 4. The zero-order valence-electron chi connectivity index (χ0n) is 17.8. The molecule has 170 valence electrons. The van der Waals surface area contributed by atoms with E-state index in [0.717, 1.165) is 29.7 Å². The molecule has 33 heavy (non-hydrogen) atoms. The van der Waals surface area contributed by atoms with Gasteiger partial charge in [-0.25, -0.2) is 9.97 Å². The number of hydrogen-bond donors (Lipinski definition) is 0. The van der Waals surface area contributed by atoms with Gasteiger partial charge in [0.25, 0.3) is 5.91 Å². The molecule has 3 aromatic rings. The molecule has 2 bridgehead atoms. The lowest BCUT2D eigenvalue weighted by atomic mass is 9.97. The Morgan fingerprint density at radius 2 is 1.85 bits per heavy atom. The van der Waals surface area contributed by atoms with Gasteiger partial charge in [0.2, 0.25) is 0 Å². The van der Waals surface area contributed by atoms with Crippen LogP contribution in [0, 0.1) is 6.92 Å². The lowest BCUT2D eigenvalue weighted by Gasteiger charge is -2.25. The molecule has 9 heteroatoms. The molecular weight excluding hydrogens is 433 g/mol. The molecule has 0 spiro atoms. The second-order valence-electron chi connectivity index (χ2n) is 8.37. The first-order chi connectivity index (χ1) is 15.8. The number of halogens is 3. The number of carbonyl (C=O) groups excluding carboxylic acids is 1. The number of aryl methyl sites for hydroxylation is 1. The van der Waals surface area contributed by atoms with Gasteiger partial charge in [-0.3, -0.25) is 9.78 Å². The van der Waals surface area contributed by atoms with E-state index in [-0.39, 0.29) is 30.1 Å². The Hall–Kier alpha value is -3.49. The highest BCUT2D eigenvalue weighted by molar-refractivity contribution is 6.01. The second kappa shape index (κ2) is 8.13. The molecule has 4 heterocycles. The number of fused-ring (bicyclic) bond motifs is 2. The number of pyridine rings is 1. The summed E-state index contributed by atoms with van der Waals surface area (Å²) in [6.07, 6.45) is 0.450. The quantitative estimate of drug-likeness (QED) is 0.572. The number of amides is 1. The summed E-state index contributed by atoms with van der Waals surface area (Å²) in [5, 5.41) is 0. The topological polar surface area (TPSA) is 68.2 Å². The van der Waals surface area contributed by atoms with E-state index in [1.54, 1.807) is 6.20 Å². The number of alkyl halides is 3. The average Bonchev–Trinajstić information content (AvgIpc) is 3.36. The van der Waals surface area contributed by atoms with Crippen LogP contribution in [0.1, 0.15) is 40.7 Å². The molecule has 1 amide bonds. The van der Waals surface area contributed by atoms with Crippen molar-refractivity contribution in [1.29, 1.82) is 0 Å². The molecule has 3 atom stereocenters. The zero-order chi connectivity index (χ0) is 23.2. The summed E-state index contributed by atoms with van der Waals surface area (Å²) in [6.45, 7) is 1.95. The van der Waals surface area contributed by atoms with E-state index >= 15 is 0 Å². The van der Waals surface area contributed by atoms with Crippen molar-refractivity contribution in [2.75, 3.05) is 0 Å². The Morgan fingerprint density at radius 1 is 1.06 bits per heavy atom. The van der Waals surface area contributed by atoms with Crippen LogP contribution in [0.15, 0.2) is 55.0 Å². The summed E-state index contributed by atoms with van der Waals surface area (Å²) in [5.74, 6) is -0.0914. The number of benzene rings is 1. The van der Waals surface area contributed by atoms with Crippen LogP contribution in [0.4, 0.5) is 13.2 Å². The van der Waals surface area contributed by atoms with Gasteiger partial charge in [-0.2, -0.15) is 13.2 Å². The van der Waals surface area contributed by atoms with E-state index in [9.17, 15) is 18.0 Å². The van der Waals surface area contributed by atoms with Crippen LogP contribution < -0.4 is 4.74 Å². The Morgan fingerprint density at radius 3 is 2.55 bits per heavy atom. The third kappa shape index (κ3) is 3.92. The fraction of sp³-hybridized carbons (Fsp3) is 0.333. The smallest absolute Gasteiger partial charge is 0.419 e. The number of hydrogen-bond acceptors (Lipinski definition) is 5. The van der Waals surface area contributed by atoms with E-state index < -0.39 is 11.7 Å². The predicted octanol–water partition coefficient (Wildman–Crippen LogP) is 4.69. The highest BCUT2D eigenvalue weighted by Crippen LogP contribution is 2.41. The fourth-order valence-corrected chi connectivity index (χ4v) is 4.87. The van der Waals surface area contributed by atoms with Crippen LogP contribution in [0.5, 0.6) is 6.01 Å². The van der Waals surface area contributed by atoms with Crippen LogP contribution >= 0.6 is 0 Å². The summed E-state index contributed by atoms with van der Waals surface area (Å²) in [4.78, 5) is 27.4. The lowest BCUT2D eigenvalue weighted by molar-refractivity contribution is -0.138. The minimum atomic E-state index is -4.51. The molecule has 2 aliphatic heterocycles. The van der Waals surface area contributed by atoms with Crippen molar-refractivity contribution in [2.24, 2.45) is 0 Å². The SMILES string of the molecule is Cc1cccc(C(=O)N2C3CCC2C(Oc2ncc(C(F)(F)F)cn2)C3)c1-c1ccccn1. The normalized spacial score (nSPS) is 21.9. The molecule has 0 radical (unpaired) electrons. The van der Waals surface area contributed by atoms with Gasteiger partial charge in [0.15, 0.2) is 0 Å². The van der Waals surface area contributed by atoms with Gasteiger partial charge in [0.1, 0.15) is 6.10 Å². The van der Waals surface area contributed by atoms with E-state index in [1.807, 2.05) is 48.2 Å². The Bertz CT molecular complexity index is 1170. The molecule has 3 unspecified atom stereocenters. The van der Waals surface area contributed by atoms with Gasteiger partial charge in [-0.15, -0.1) is 0 Å². The van der Waals surface area contributed by atoms with Gasteiger partial charge < -0.3 is 9.64 Å². The van der Waals surface area contributed by atoms with E-state index in [2.05, 4.69) is 15.0 Å². The van der Waals surface area contributed by atoms with E-state index in [4.69, 9.17) is 4.74 Å². The standard InChI is InChI=1S/C24H21F3N4O2/c1-14-5-4-6-17(21(14)18-7-2-3-10-28-18)22(32)31-16-8-9-19(31)20(11-16)33-23-29-12-15(13-30-23)24(25,26)27/h2-7,10,12-13,16,19-20H,8-9,11H2,1H3. The first kappa shape index (κ1) is 21.4. The predicted molar refractivity (Wildman–Crippen MR) is 113 cm³/mol. The molecule has 2 saturated heterocycles. The zero-order valence-corrected chi connectivity index (χ0v) is 17.8. The summed E-state index contributed by atoms with van der Waals surface area (Å²) in [7, 11) is 0. The Kier molecular flexibility index (Phi) is 5.26. The maximum absolute atomic E-state index is 13.7. The van der Waals surface area contributed by atoms with Crippen molar-refractivity contribution in [3.8, 4) is 17.3 Å². The van der Waals surface area contributed by atoms with E-state index in [0.29, 0.717) is 24.4 Å². The molecular formula is C24H21F3N4O2.